The van der Waals surface area contributed by atoms with E-state index in [1.807, 2.05) is 0 Å². The van der Waals surface area contributed by atoms with E-state index in [0.29, 0.717) is 30.2 Å². The minimum atomic E-state index is 0.317. The molecule has 4 heteroatoms. The third kappa shape index (κ3) is 3.07. The zero-order valence-corrected chi connectivity index (χ0v) is 12.8. The van der Waals surface area contributed by atoms with Gasteiger partial charge in [0.05, 0.1) is 0 Å². The van der Waals surface area contributed by atoms with Gasteiger partial charge in [-0.1, -0.05) is 12.5 Å². The third-order valence-electron chi connectivity index (χ3n) is 4.90. The highest BCUT2D eigenvalue weighted by Crippen LogP contribution is 2.35. The Morgan fingerprint density at radius 2 is 2.30 bits per heavy atom. The van der Waals surface area contributed by atoms with Gasteiger partial charge in [-0.25, -0.2) is 0 Å². The van der Waals surface area contributed by atoms with Crippen LogP contribution in [0.5, 0.6) is 0 Å². The van der Waals surface area contributed by atoms with Crippen LogP contribution in [0.3, 0.4) is 0 Å². The third-order valence-corrected chi connectivity index (χ3v) is 5.84. The number of carbonyl (C=O) groups is 1. The van der Waals surface area contributed by atoms with Gasteiger partial charge in [-0.3, -0.25) is 4.79 Å². The minimum Gasteiger partial charge on any atom is -0.342 e. The van der Waals surface area contributed by atoms with Crippen LogP contribution < -0.4 is 5.73 Å². The van der Waals surface area contributed by atoms with Crippen molar-refractivity contribution in [2.75, 3.05) is 13.1 Å². The van der Waals surface area contributed by atoms with E-state index in [2.05, 4.69) is 22.4 Å². The van der Waals surface area contributed by atoms with Crippen molar-refractivity contribution in [2.45, 2.75) is 44.6 Å². The van der Waals surface area contributed by atoms with Crippen molar-refractivity contribution >= 4 is 17.2 Å². The molecule has 3 rings (SSSR count). The summed E-state index contributed by atoms with van der Waals surface area (Å²) in [5, 5.41) is 2.10. The molecule has 0 radical (unpaired) electrons. The van der Waals surface area contributed by atoms with Crippen LogP contribution in [-0.4, -0.2) is 29.9 Å². The fourth-order valence-electron chi connectivity index (χ4n) is 3.75. The molecule has 2 N–H and O–H groups in total. The van der Waals surface area contributed by atoms with Crippen molar-refractivity contribution in [1.82, 2.24) is 4.90 Å². The first kappa shape index (κ1) is 14.1. The molecule has 3 atom stereocenters. The van der Waals surface area contributed by atoms with Gasteiger partial charge in [0.2, 0.25) is 5.91 Å². The summed E-state index contributed by atoms with van der Waals surface area (Å²) in [5.41, 5.74) is 6.21. The SMILES string of the molecule is NC1CCCC2CN(C(=O)CCCc3cccs3)CC12. The van der Waals surface area contributed by atoms with Gasteiger partial charge in [-0.05, 0) is 49.0 Å². The molecule has 2 fully saturated rings. The highest BCUT2D eigenvalue weighted by atomic mass is 32.1. The van der Waals surface area contributed by atoms with E-state index in [1.54, 1.807) is 11.3 Å². The summed E-state index contributed by atoms with van der Waals surface area (Å²) in [4.78, 5) is 15.8. The van der Waals surface area contributed by atoms with E-state index in [0.717, 1.165) is 32.4 Å². The second kappa shape index (κ2) is 6.27. The van der Waals surface area contributed by atoms with Gasteiger partial charge >= 0.3 is 0 Å². The zero-order valence-electron chi connectivity index (χ0n) is 12.0. The Balaban J connectivity index is 1.46. The topological polar surface area (TPSA) is 46.3 Å². The van der Waals surface area contributed by atoms with Crippen molar-refractivity contribution in [1.29, 1.82) is 0 Å². The van der Waals surface area contributed by atoms with Crippen molar-refractivity contribution < 1.29 is 4.79 Å². The van der Waals surface area contributed by atoms with E-state index in [1.165, 1.54) is 17.7 Å². The summed E-state index contributed by atoms with van der Waals surface area (Å²) < 4.78 is 0. The second-order valence-electron chi connectivity index (χ2n) is 6.25. The minimum absolute atomic E-state index is 0.317. The highest BCUT2D eigenvalue weighted by Gasteiger charge is 2.39. The maximum Gasteiger partial charge on any atom is 0.222 e. The standard InChI is InChI=1S/C16H24N2OS/c17-15-7-1-4-12-10-18(11-14(12)15)16(19)8-2-5-13-6-3-9-20-13/h3,6,9,12,14-15H,1-2,4-5,7-8,10-11,17H2. The molecule has 2 heterocycles. The summed E-state index contributed by atoms with van der Waals surface area (Å²) >= 11 is 1.78. The van der Waals surface area contributed by atoms with Crippen molar-refractivity contribution in [2.24, 2.45) is 17.6 Å². The average molecular weight is 292 g/mol. The van der Waals surface area contributed by atoms with Crippen molar-refractivity contribution in [3.8, 4) is 0 Å². The number of carbonyl (C=O) groups excluding carboxylic acids is 1. The molecule has 110 valence electrons. The summed E-state index contributed by atoms with van der Waals surface area (Å²) in [7, 11) is 0. The second-order valence-corrected chi connectivity index (χ2v) is 7.28. The number of rotatable bonds is 4. The molecule has 1 aromatic heterocycles. The largest absolute Gasteiger partial charge is 0.342 e. The van der Waals surface area contributed by atoms with Crippen LogP contribution in [-0.2, 0) is 11.2 Å². The first-order chi connectivity index (χ1) is 9.74. The van der Waals surface area contributed by atoms with Gasteiger partial charge < -0.3 is 10.6 Å². The first-order valence-electron chi connectivity index (χ1n) is 7.80. The monoisotopic (exact) mass is 292 g/mol. The number of likely N-dealkylation sites (tertiary alicyclic amines) is 1. The first-order valence-corrected chi connectivity index (χ1v) is 8.68. The maximum absolute atomic E-state index is 12.3. The fourth-order valence-corrected chi connectivity index (χ4v) is 4.50. The Labute approximate surface area is 125 Å². The normalized spacial score (nSPS) is 29.4. The molecule has 1 saturated carbocycles. The van der Waals surface area contributed by atoms with E-state index >= 15 is 0 Å². The molecular formula is C16H24N2OS. The van der Waals surface area contributed by atoms with Gasteiger partial charge in [0, 0.05) is 30.4 Å². The van der Waals surface area contributed by atoms with Gasteiger partial charge in [0.1, 0.15) is 0 Å². The molecule has 20 heavy (non-hydrogen) atoms. The predicted octanol–water partition coefficient (Wildman–Crippen LogP) is 2.66. The number of nitrogens with two attached hydrogens (primary N) is 1. The lowest BCUT2D eigenvalue weighted by Gasteiger charge is -2.29. The molecule has 1 amide bonds. The highest BCUT2D eigenvalue weighted by molar-refractivity contribution is 7.09. The molecule has 0 bridgehead atoms. The molecule has 1 aliphatic heterocycles. The summed E-state index contributed by atoms with van der Waals surface area (Å²) in [6, 6.07) is 4.55. The quantitative estimate of drug-likeness (QED) is 0.927. The number of hydrogen-bond acceptors (Lipinski definition) is 3. The molecule has 1 aliphatic carbocycles. The molecule has 1 aromatic rings. The Hall–Kier alpha value is -0.870. The number of nitrogens with zero attached hydrogens (tertiary/aromatic N) is 1. The van der Waals surface area contributed by atoms with Crippen LogP contribution in [0.15, 0.2) is 17.5 Å². The summed E-state index contributed by atoms with van der Waals surface area (Å²) in [6.45, 7) is 1.86. The molecule has 3 nitrogen and oxygen atoms in total. The van der Waals surface area contributed by atoms with Gasteiger partial charge in [-0.2, -0.15) is 0 Å². The lowest BCUT2D eigenvalue weighted by molar-refractivity contribution is -0.130. The Morgan fingerprint density at radius 3 is 3.05 bits per heavy atom. The van der Waals surface area contributed by atoms with Crippen LogP contribution in [0.4, 0.5) is 0 Å². The van der Waals surface area contributed by atoms with E-state index < -0.39 is 0 Å². The summed E-state index contributed by atoms with van der Waals surface area (Å²) in [5.74, 6) is 1.56. The molecule has 1 saturated heterocycles. The lowest BCUT2D eigenvalue weighted by atomic mass is 9.78. The zero-order chi connectivity index (χ0) is 13.9. The van der Waals surface area contributed by atoms with Gasteiger partial charge in [-0.15, -0.1) is 11.3 Å². The number of hydrogen-bond donors (Lipinski definition) is 1. The van der Waals surface area contributed by atoms with Crippen LogP contribution in [0, 0.1) is 11.8 Å². The van der Waals surface area contributed by atoms with Gasteiger partial charge in [0.15, 0.2) is 0 Å². The van der Waals surface area contributed by atoms with Crippen LogP contribution in [0.25, 0.3) is 0 Å². The smallest absolute Gasteiger partial charge is 0.222 e. The average Bonchev–Trinajstić information content (AvgIpc) is 3.07. The van der Waals surface area contributed by atoms with Crippen molar-refractivity contribution in [3.63, 3.8) is 0 Å². The molecule has 2 aliphatic rings. The van der Waals surface area contributed by atoms with E-state index in [-0.39, 0.29) is 0 Å². The Kier molecular flexibility index (Phi) is 4.41. The van der Waals surface area contributed by atoms with Crippen molar-refractivity contribution in [3.05, 3.63) is 22.4 Å². The van der Waals surface area contributed by atoms with Gasteiger partial charge in [0.25, 0.3) is 0 Å². The van der Waals surface area contributed by atoms with Crippen LogP contribution in [0.1, 0.15) is 37.0 Å². The lowest BCUT2D eigenvalue weighted by Crippen LogP contribution is -2.38. The fraction of sp³-hybridized carbons (Fsp3) is 0.688. The predicted molar refractivity (Wildman–Crippen MR) is 82.6 cm³/mol. The number of thiophene rings is 1. The maximum atomic E-state index is 12.3. The molecular weight excluding hydrogens is 268 g/mol. The molecule has 0 spiro atoms. The number of amides is 1. The van der Waals surface area contributed by atoms with Crippen LogP contribution >= 0.6 is 11.3 Å². The molecule has 0 aromatic carbocycles. The number of aryl methyl sites for hydroxylation is 1. The van der Waals surface area contributed by atoms with Crippen LogP contribution in [0.2, 0.25) is 0 Å². The Morgan fingerprint density at radius 1 is 1.40 bits per heavy atom. The Bertz CT molecular complexity index is 445. The number of fused-ring (bicyclic) bond motifs is 1. The summed E-state index contributed by atoms with van der Waals surface area (Å²) in [6.07, 6.45) is 6.33. The van der Waals surface area contributed by atoms with E-state index in [4.69, 9.17) is 5.73 Å². The molecule has 3 unspecified atom stereocenters. The van der Waals surface area contributed by atoms with E-state index in [9.17, 15) is 4.79 Å².